The fourth-order valence-corrected chi connectivity index (χ4v) is 9.36. The van der Waals surface area contributed by atoms with Crippen molar-refractivity contribution < 1.29 is 0 Å². The van der Waals surface area contributed by atoms with Gasteiger partial charge in [0.15, 0.2) is 0 Å². The summed E-state index contributed by atoms with van der Waals surface area (Å²) in [6, 6.07) is 49.8. The Bertz CT molecular complexity index is 1560. The maximum atomic E-state index is 2.38. The van der Waals surface area contributed by atoms with Crippen molar-refractivity contribution in [1.82, 2.24) is 0 Å². The molecule has 184 valence electrons. The number of anilines is 1. The zero-order valence-electron chi connectivity index (χ0n) is 21.8. The van der Waals surface area contributed by atoms with E-state index in [1.54, 1.807) is 5.31 Å². The summed E-state index contributed by atoms with van der Waals surface area (Å²) in [6.07, 6.45) is 0. The first kappa shape index (κ1) is 23.2. The van der Waals surface area contributed by atoms with E-state index in [1.807, 2.05) is 0 Å². The van der Waals surface area contributed by atoms with Crippen molar-refractivity contribution in [1.29, 1.82) is 0 Å². The second-order valence-corrected chi connectivity index (χ2v) is 12.5. The quantitative estimate of drug-likeness (QED) is 0.219. The highest BCUT2D eigenvalue weighted by atomic mass is 31.1. The smallest absolute Gasteiger partial charge is 0.0437 e. The molecule has 0 atom stereocenters. The van der Waals surface area contributed by atoms with E-state index in [4.69, 9.17) is 0 Å². The van der Waals surface area contributed by atoms with Gasteiger partial charge in [-0.1, -0.05) is 127 Å². The molecule has 0 unspecified atom stereocenters. The van der Waals surface area contributed by atoms with Gasteiger partial charge in [0, 0.05) is 37.2 Å². The predicted molar refractivity (Wildman–Crippen MR) is 163 cm³/mol. The van der Waals surface area contributed by atoms with Gasteiger partial charge in [-0.2, -0.15) is 0 Å². The molecule has 3 aliphatic rings. The Morgan fingerprint density at radius 3 is 1.39 bits per heavy atom. The minimum atomic E-state index is -0.766. The molecule has 0 N–H and O–H groups in total. The molecule has 2 bridgehead atoms. The molecule has 0 fully saturated rings. The Hall–Kier alpha value is -3.93. The zero-order chi connectivity index (χ0) is 25.6. The lowest BCUT2D eigenvalue weighted by Crippen LogP contribution is -2.30. The van der Waals surface area contributed by atoms with E-state index in [0.717, 1.165) is 0 Å². The van der Waals surface area contributed by atoms with E-state index < -0.39 is 7.92 Å². The average Bonchev–Trinajstić information content (AvgIpc) is 2.98. The van der Waals surface area contributed by atoms with Crippen molar-refractivity contribution >= 4 is 29.8 Å². The monoisotopic (exact) mass is 507 g/mol. The van der Waals surface area contributed by atoms with Crippen molar-refractivity contribution in [3.8, 4) is 0 Å². The molecule has 2 heteroatoms. The number of hydrogen-bond acceptors (Lipinski definition) is 1. The van der Waals surface area contributed by atoms with Crippen molar-refractivity contribution in [2.24, 2.45) is 0 Å². The molecule has 5 aromatic carbocycles. The summed E-state index contributed by atoms with van der Waals surface area (Å²) >= 11 is 0. The lowest BCUT2D eigenvalue weighted by atomic mass is 9.63. The van der Waals surface area contributed by atoms with Crippen molar-refractivity contribution in [3.63, 3.8) is 0 Å². The molecule has 0 amide bonds. The lowest BCUT2D eigenvalue weighted by molar-refractivity contribution is 0.815. The van der Waals surface area contributed by atoms with Crippen molar-refractivity contribution in [2.75, 3.05) is 19.0 Å². The predicted octanol–water partition coefficient (Wildman–Crippen LogP) is 7.89. The molecule has 1 nitrogen and oxygen atoms in total. The van der Waals surface area contributed by atoms with Gasteiger partial charge in [-0.05, 0) is 57.7 Å². The molecule has 3 aliphatic carbocycles. The third kappa shape index (κ3) is 3.57. The number of rotatable bonds is 5. The lowest BCUT2D eigenvalue weighted by Gasteiger charge is -2.46. The van der Waals surface area contributed by atoms with E-state index in [9.17, 15) is 0 Å². The van der Waals surface area contributed by atoms with Gasteiger partial charge in [-0.3, -0.25) is 0 Å². The molecular formula is C36H30NP. The number of nitrogens with zero attached hydrogens (tertiary/aromatic N) is 1. The summed E-state index contributed by atoms with van der Waals surface area (Å²) in [7, 11) is 3.57. The summed E-state index contributed by atoms with van der Waals surface area (Å²) in [4.78, 5) is 2.27. The minimum absolute atomic E-state index is 0.209. The minimum Gasteiger partial charge on any atom is -0.377 e. The molecule has 0 saturated heterocycles. The van der Waals surface area contributed by atoms with Crippen LogP contribution in [-0.2, 0) is 0 Å². The summed E-state index contributed by atoms with van der Waals surface area (Å²) in [5.41, 5.74) is 9.98. The SMILES string of the molecule is CN(C)c1ccccc1C1=C(P(c2ccccc2)c2ccccc2)C2c3ccccc3C1c1ccccc12. The molecule has 5 aromatic rings. The van der Waals surface area contributed by atoms with E-state index >= 15 is 0 Å². The first-order valence-corrected chi connectivity index (χ1v) is 14.7. The molecule has 0 spiro atoms. The van der Waals surface area contributed by atoms with Crippen LogP contribution in [0.2, 0.25) is 0 Å². The maximum Gasteiger partial charge on any atom is 0.0437 e. The van der Waals surface area contributed by atoms with E-state index in [1.165, 1.54) is 49.7 Å². The summed E-state index contributed by atoms with van der Waals surface area (Å²) < 4.78 is 0. The summed E-state index contributed by atoms with van der Waals surface area (Å²) in [6.45, 7) is 0. The number of hydrogen-bond donors (Lipinski definition) is 0. The third-order valence-electron chi connectivity index (χ3n) is 8.02. The first-order valence-electron chi connectivity index (χ1n) is 13.3. The van der Waals surface area contributed by atoms with Crippen LogP contribution < -0.4 is 15.5 Å². The number of allylic oxidation sites excluding steroid dienone is 2. The molecule has 0 aliphatic heterocycles. The Morgan fingerprint density at radius 1 is 0.474 bits per heavy atom. The van der Waals surface area contributed by atoms with Crippen LogP contribution in [0.25, 0.3) is 5.57 Å². The van der Waals surface area contributed by atoms with E-state index in [2.05, 4.69) is 152 Å². The van der Waals surface area contributed by atoms with Crippen molar-refractivity contribution in [2.45, 2.75) is 11.8 Å². The molecule has 0 saturated carbocycles. The first-order chi connectivity index (χ1) is 18.7. The Kier molecular flexibility index (Phi) is 5.76. The highest BCUT2D eigenvalue weighted by Gasteiger charge is 2.46. The molecule has 38 heavy (non-hydrogen) atoms. The van der Waals surface area contributed by atoms with Crippen LogP contribution in [0.15, 0.2) is 139 Å². The number of benzene rings is 5. The van der Waals surface area contributed by atoms with Crippen LogP contribution in [0.4, 0.5) is 5.69 Å². The van der Waals surface area contributed by atoms with Crippen LogP contribution in [0.1, 0.15) is 39.7 Å². The standard InChI is InChI=1S/C36H30NP/c1-37(2)32-24-14-13-23-31(32)35-33-27-19-9-11-21-29(27)34(30-22-12-10-20-28(30)33)36(35)38(25-15-5-3-6-16-25)26-17-7-4-8-18-26/h3-24,33-34H,1-2H3. The fourth-order valence-electron chi connectivity index (χ4n) is 6.53. The van der Waals surface area contributed by atoms with Crippen LogP contribution in [-0.4, -0.2) is 14.1 Å². The molecule has 0 radical (unpaired) electrons. The van der Waals surface area contributed by atoms with E-state index in [-0.39, 0.29) is 11.8 Å². The average molecular weight is 508 g/mol. The van der Waals surface area contributed by atoms with Crippen molar-refractivity contribution in [3.05, 3.63) is 167 Å². The second-order valence-electron chi connectivity index (χ2n) is 10.3. The van der Waals surface area contributed by atoms with Gasteiger partial charge < -0.3 is 4.90 Å². The summed E-state index contributed by atoms with van der Waals surface area (Å²) in [5.74, 6) is 0.435. The highest BCUT2D eigenvalue weighted by Crippen LogP contribution is 2.66. The van der Waals surface area contributed by atoms with Gasteiger partial charge in [-0.15, -0.1) is 0 Å². The van der Waals surface area contributed by atoms with Gasteiger partial charge in [0.05, 0.1) is 0 Å². The van der Waals surface area contributed by atoms with Gasteiger partial charge in [0.25, 0.3) is 0 Å². The molecule has 0 heterocycles. The largest absolute Gasteiger partial charge is 0.377 e. The Morgan fingerprint density at radius 2 is 0.895 bits per heavy atom. The van der Waals surface area contributed by atoms with Crippen LogP contribution >= 0.6 is 7.92 Å². The maximum absolute atomic E-state index is 2.38. The highest BCUT2D eigenvalue weighted by molar-refractivity contribution is 7.77. The zero-order valence-corrected chi connectivity index (χ0v) is 22.6. The Balaban J connectivity index is 1.63. The molecular weight excluding hydrogens is 477 g/mol. The van der Waals surface area contributed by atoms with Gasteiger partial charge in [-0.25, -0.2) is 0 Å². The van der Waals surface area contributed by atoms with Crippen LogP contribution in [0.5, 0.6) is 0 Å². The molecule has 0 aromatic heterocycles. The second kappa shape index (κ2) is 9.43. The topological polar surface area (TPSA) is 3.24 Å². The molecule has 8 rings (SSSR count). The fraction of sp³-hybridized carbons (Fsp3) is 0.111. The van der Waals surface area contributed by atoms with Gasteiger partial charge >= 0.3 is 0 Å². The van der Waals surface area contributed by atoms with E-state index in [0.29, 0.717) is 0 Å². The normalized spacial score (nSPS) is 17.3. The van der Waals surface area contributed by atoms with Crippen LogP contribution in [0.3, 0.4) is 0 Å². The Labute approximate surface area is 226 Å². The number of para-hydroxylation sites is 1. The third-order valence-corrected chi connectivity index (χ3v) is 10.6. The van der Waals surface area contributed by atoms with Gasteiger partial charge in [0.1, 0.15) is 0 Å². The van der Waals surface area contributed by atoms with Gasteiger partial charge in [0.2, 0.25) is 0 Å². The summed E-state index contributed by atoms with van der Waals surface area (Å²) in [5, 5.41) is 4.39. The van der Waals surface area contributed by atoms with Crippen LogP contribution in [0, 0.1) is 0 Å².